The number of carbonyl (C=O) groups excluding carboxylic acids is 2. The summed E-state index contributed by atoms with van der Waals surface area (Å²) < 4.78 is 0. The van der Waals surface area contributed by atoms with Gasteiger partial charge in [0.1, 0.15) is 17.0 Å². The van der Waals surface area contributed by atoms with Crippen LogP contribution in [0.3, 0.4) is 0 Å². The van der Waals surface area contributed by atoms with E-state index in [-0.39, 0.29) is 0 Å². The Hall–Kier alpha value is -2.30. The molecule has 1 aliphatic rings. The molecule has 1 atom stereocenters. The van der Waals surface area contributed by atoms with Crippen LogP contribution >= 0.6 is 0 Å². The molecule has 1 aliphatic carbocycles. The Morgan fingerprint density at radius 2 is 1.85 bits per heavy atom. The van der Waals surface area contributed by atoms with E-state index in [1.807, 2.05) is 0 Å². The van der Waals surface area contributed by atoms with Crippen molar-refractivity contribution in [3.8, 4) is 0 Å². The molecule has 104 valence electrons. The highest BCUT2D eigenvalue weighted by Crippen LogP contribution is 2.55. The van der Waals surface area contributed by atoms with E-state index in [1.165, 1.54) is 13.8 Å². The van der Waals surface area contributed by atoms with Crippen LogP contribution in [-0.2, 0) is 9.59 Å². The highest BCUT2D eigenvalue weighted by molar-refractivity contribution is 6.18. The van der Waals surface area contributed by atoms with Gasteiger partial charge in [-0.15, -0.1) is 0 Å². The third kappa shape index (κ3) is 1.70. The number of benzene rings is 1. The van der Waals surface area contributed by atoms with Crippen molar-refractivity contribution in [3.05, 3.63) is 52.1 Å². The molecule has 5 heteroatoms. The first-order valence-corrected chi connectivity index (χ1v) is 6.26. The zero-order chi connectivity index (χ0) is 15.1. The van der Waals surface area contributed by atoms with Gasteiger partial charge in [0.2, 0.25) is 6.54 Å². The third-order valence-electron chi connectivity index (χ3n) is 4.10. The van der Waals surface area contributed by atoms with Crippen LogP contribution in [-0.4, -0.2) is 23.0 Å². The average molecular weight is 273 g/mol. The van der Waals surface area contributed by atoms with Crippen LogP contribution in [0.4, 0.5) is 0 Å². The van der Waals surface area contributed by atoms with Gasteiger partial charge >= 0.3 is 0 Å². The zero-order valence-corrected chi connectivity index (χ0v) is 11.4. The first-order valence-electron chi connectivity index (χ1n) is 6.26. The van der Waals surface area contributed by atoms with E-state index in [1.54, 1.807) is 24.3 Å². The van der Waals surface area contributed by atoms with E-state index in [4.69, 9.17) is 0 Å². The van der Waals surface area contributed by atoms with Crippen LogP contribution in [0.15, 0.2) is 30.8 Å². The summed E-state index contributed by atoms with van der Waals surface area (Å²) in [5.74, 6) is -1.56. The van der Waals surface area contributed by atoms with E-state index < -0.39 is 34.4 Å². The van der Waals surface area contributed by atoms with Crippen molar-refractivity contribution >= 4 is 17.1 Å². The molecule has 0 unspecified atom stereocenters. The van der Waals surface area contributed by atoms with Crippen LogP contribution < -0.4 is 0 Å². The number of fused-ring (bicyclic) bond motifs is 1. The Morgan fingerprint density at radius 3 is 2.35 bits per heavy atom. The van der Waals surface area contributed by atoms with Crippen molar-refractivity contribution < 1.29 is 14.5 Å². The summed E-state index contributed by atoms with van der Waals surface area (Å²) in [5.41, 5.74) is 0.195. The Balaban J connectivity index is 2.74. The SMILES string of the molecule is C=C1c2ccccc2[C@@H](C[N+](=O)[O-])C1(C(C)=O)C(C)=O. The summed E-state index contributed by atoms with van der Waals surface area (Å²) >= 11 is 0. The molecule has 5 nitrogen and oxygen atoms in total. The molecule has 1 aromatic carbocycles. The predicted octanol–water partition coefficient (Wildman–Crippen LogP) is 2.24. The van der Waals surface area contributed by atoms with Gasteiger partial charge in [-0.1, -0.05) is 30.8 Å². The second-order valence-electron chi connectivity index (χ2n) is 5.05. The van der Waals surface area contributed by atoms with E-state index in [0.29, 0.717) is 16.7 Å². The average Bonchev–Trinajstić information content (AvgIpc) is 2.60. The fourth-order valence-electron chi connectivity index (χ4n) is 3.28. The molecular weight excluding hydrogens is 258 g/mol. The molecule has 0 amide bonds. The number of ketones is 2. The smallest absolute Gasteiger partial charge is 0.212 e. The first-order chi connectivity index (χ1) is 9.33. The molecular formula is C15H15NO4. The maximum Gasteiger partial charge on any atom is 0.212 e. The molecule has 0 saturated carbocycles. The van der Waals surface area contributed by atoms with Crippen LogP contribution in [0.5, 0.6) is 0 Å². The molecule has 0 spiro atoms. The highest BCUT2D eigenvalue weighted by atomic mass is 16.6. The normalized spacial score (nSPS) is 19.5. The minimum Gasteiger partial charge on any atom is -0.298 e. The maximum atomic E-state index is 12.2. The monoisotopic (exact) mass is 273 g/mol. The summed E-state index contributed by atoms with van der Waals surface area (Å²) in [6, 6.07) is 6.99. The van der Waals surface area contributed by atoms with E-state index in [2.05, 4.69) is 6.58 Å². The quantitative estimate of drug-likeness (QED) is 0.479. The second kappa shape index (κ2) is 4.67. The van der Waals surface area contributed by atoms with Gasteiger partial charge < -0.3 is 0 Å². The molecule has 20 heavy (non-hydrogen) atoms. The standard InChI is InChI=1S/C15H15NO4/c1-9-12-6-4-5-7-13(12)14(8-16(19)20)15(9,10(2)17)11(3)18/h4-7,14H,1,8H2,2-3H3/t14-/m1/s1. The van der Waals surface area contributed by atoms with Crippen molar-refractivity contribution in [1.29, 1.82) is 0 Å². The second-order valence-corrected chi connectivity index (χ2v) is 5.05. The van der Waals surface area contributed by atoms with Crippen molar-refractivity contribution in [1.82, 2.24) is 0 Å². The number of allylic oxidation sites excluding steroid dienone is 1. The van der Waals surface area contributed by atoms with Gasteiger partial charge in [0.25, 0.3) is 0 Å². The summed E-state index contributed by atoms with van der Waals surface area (Å²) in [6.45, 7) is 6.02. The summed E-state index contributed by atoms with van der Waals surface area (Å²) in [4.78, 5) is 34.8. The third-order valence-corrected chi connectivity index (χ3v) is 4.10. The molecule has 0 fully saturated rings. The lowest BCUT2D eigenvalue weighted by atomic mass is 9.68. The molecule has 1 aromatic rings. The van der Waals surface area contributed by atoms with Crippen molar-refractivity contribution in [2.75, 3.05) is 6.54 Å². The maximum absolute atomic E-state index is 12.2. The van der Waals surface area contributed by atoms with Gasteiger partial charge in [-0.3, -0.25) is 19.7 Å². The van der Waals surface area contributed by atoms with E-state index >= 15 is 0 Å². The van der Waals surface area contributed by atoms with Gasteiger partial charge in [-0.2, -0.15) is 0 Å². The fraction of sp³-hybridized carbons (Fsp3) is 0.333. The van der Waals surface area contributed by atoms with Crippen LogP contribution in [0.2, 0.25) is 0 Å². The van der Waals surface area contributed by atoms with Crippen LogP contribution in [0, 0.1) is 15.5 Å². The molecule has 0 bridgehead atoms. The van der Waals surface area contributed by atoms with Gasteiger partial charge in [-0.05, 0) is 30.5 Å². The molecule has 2 rings (SSSR count). The highest BCUT2D eigenvalue weighted by Gasteiger charge is 2.57. The summed E-state index contributed by atoms with van der Waals surface area (Å²) in [6.07, 6.45) is 0. The minimum absolute atomic E-state index is 0.375. The fourth-order valence-corrected chi connectivity index (χ4v) is 3.28. The molecule has 0 heterocycles. The first kappa shape index (κ1) is 14.1. The molecule has 0 saturated heterocycles. The van der Waals surface area contributed by atoms with Crippen molar-refractivity contribution in [3.63, 3.8) is 0 Å². The molecule has 0 radical (unpaired) electrons. The Bertz CT molecular complexity index is 619. The van der Waals surface area contributed by atoms with Crippen LogP contribution in [0.25, 0.3) is 5.57 Å². The minimum atomic E-state index is -1.50. The lowest BCUT2D eigenvalue weighted by Crippen LogP contribution is -2.42. The molecule has 0 aromatic heterocycles. The van der Waals surface area contributed by atoms with Gasteiger partial charge in [0.15, 0.2) is 0 Å². The number of hydrogen-bond acceptors (Lipinski definition) is 4. The largest absolute Gasteiger partial charge is 0.298 e. The Labute approximate surface area is 116 Å². The van der Waals surface area contributed by atoms with E-state index in [0.717, 1.165) is 0 Å². The number of hydrogen-bond donors (Lipinski definition) is 0. The summed E-state index contributed by atoms with van der Waals surface area (Å²) in [5, 5.41) is 11.0. The van der Waals surface area contributed by atoms with Crippen LogP contribution in [0.1, 0.15) is 30.9 Å². The number of carbonyl (C=O) groups is 2. The van der Waals surface area contributed by atoms with Gasteiger partial charge in [-0.25, -0.2) is 0 Å². The van der Waals surface area contributed by atoms with Gasteiger partial charge in [0, 0.05) is 4.92 Å². The number of nitrogens with zero attached hydrogens (tertiary/aromatic N) is 1. The Kier molecular flexibility index (Phi) is 3.29. The van der Waals surface area contributed by atoms with E-state index in [9.17, 15) is 19.7 Å². The predicted molar refractivity (Wildman–Crippen MR) is 73.9 cm³/mol. The number of nitro groups is 1. The number of rotatable bonds is 4. The lowest BCUT2D eigenvalue weighted by molar-refractivity contribution is -0.484. The van der Waals surface area contributed by atoms with Crippen molar-refractivity contribution in [2.24, 2.45) is 5.41 Å². The molecule has 0 aliphatic heterocycles. The lowest BCUT2D eigenvalue weighted by Gasteiger charge is -2.29. The number of Topliss-reactive ketones (excluding diaryl/α,β-unsaturated/α-hetero) is 2. The van der Waals surface area contributed by atoms with Gasteiger partial charge in [0.05, 0.1) is 5.92 Å². The Morgan fingerprint density at radius 1 is 1.30 bits per heavy atom. The molecule has 0 N–H and O–H groups in total. The zero-order valence-electron chi connectivity index (χ0n) is 11.4. The summed E-state index contributed by atoms with van der Waals surface area (Å²) in [7, 11) is 0. The topological polar surface area (TPSA) is 77.3 Å². The van der Waals surface area contributed by atoms with Crippen molar-refractivity contribution in [2.45, 2.75) is 19.8 Å².